The largest absolute Gasteiger partial charge is 0.325 e. The number of para-hydroxylation sites is 1. The molecule has 1 aromatic carbocycles. The van der Waals surface area contributed by atoms with E-state index in [1.165, 1.54) is 0 Å². The van der Waals surface area contributed by atoms with Crippen LogP contribution in [0.5, 0.6) is 0 Å². The minimum absolute atomic E-state index is 0.0195. The number of piperidine rings is 1. The first kappa shape index (κ1) is 12.9. The first-order valence-electron chi connectivity index (χ1n) is 7.13. The lowest BCUT2D eigenvalue weighted by molar-refractivity contribution is 0.186. The highest BCUT2D eigenvalue weighted by molar-refractivity contribution is 5.92. The fraction of sp³-hybridized carbons (Fsp3) is 0.375. The van der Waals surface area contributed by atoms with E-state index in [1.54, 1.807) is 6.20 Å². The zero-order chi connectivity index (χ0) is 13.9. The number of carbonyl (C=O) groups is 1. The van der Waals surface area contributed by atoms with Crippen LogP contribution in [0.25, 0.3) is 10.9 Å². The van der Waals surface area contributed by atoms with E-state index in [1.807, 2.05) is 35.2 Å². The first-order valence-corrected chi connectivity index (χ1v) is 7.13. The van der Waals surface area contributed by atoms with Gasteiger partial charge in [0.05, 0.1) is 17.4 Å². The summed E-state index contributed by atoms with van der Waals surface area (Å²) in [5.74, 6) is 0.724. The van der Waals surface area contributed by atoms with Crippen molar-refractivity contribution >= 4 is 22.6 Å². The molecule has 0 spiro atoms. The molecule has 0 atom stereocenters. The summed E-state index contributed by atoms with van der Waals surface area (Å²) >= 11 is 0. The second kappa shape index (κ2) is 5.49. The van der Waals surface area contributed by atoms with Crippen molar-refractivity contribution in [2.24, 2.45) is 5.92 Å². The number of pyridine rings is 1. The zero-order valence-corrected chi connectivity index (χ0v) is 11.7. The van der Waals surface area contributed by atoms with E-state index in [0.717, 1.165) is 48.4 Å². The van der Waals surface area contributed by atoms with Crippen LogP contribution in [0.15, 0.2) is 36.5 Å². The monoisotopic (exact) mass is 269 g/mol. The first-order chi connectivity index (χ1) is 9.72. The van der Waals surface area contributed by atoms with Gasteiger partial charge in [-0.05, 0) is 30.9 Å². The number of aromatic nitrogens is 1. The van der Waals surface area contributed by atoms with Crippen molar-refractivity contribution in [3.8, 4) is 0 Å². The Labute approximate surface area is 118 Å². The summed E-state index contributed by atoms with van der Waals surface area (Å²) in [5.41, 5.74) is 1.70. The molecule has 104 valence electrons. The summed E-state index contributed by atoms with van der Waals surface area (Å²) < 4.78 is 0. The third kappa shape index (κ3) is 2.74. The van der Waals surface area contributed by atoms with Crippen LogP contribution in [0.4, 0.5) is 10.5 Å². The molecule has 1 N–H and O–H groups in total. The molecule has 0 bridgehead atoms. The number of hydrogen-bond acceptors (Lipinski definition) is 2. The number of hydrogen-bond donors (Lipinski definition) is 1. The molecule has 3 rings (SSSR count). The zero-order valence-electron chi connectivity index (χ0n) is 11.7. The lowest BCUT2D eigenvalue weighted by Crippen LogP contribution is -2.40. The topological polar surface area (TPSA) is 45.2 Å². The van der Waals surface area contributed by atoms with Crippen LogP contribution in [0, 0.1) is 5.92 Å². The van der Waals surface area contributed by atoms with Crippen molar-refractivity contribution in [3.63, 3.8) is 0 Å². The SMILES string of the molecule is CC1CCN(C(=O)Nc2cnc3ccccc3c2)CC1. The van der Waals surface area contributed by atoms with Gasteiger partial charge in [0.2, 0.25) is 0 Å². The van der Waals surface area contributed by atoms with Crippen LogP contribution in [0.2, 0.25) is 0 Å². The summed E-state index contributed by atoms with van der Waals surface area (Å²) in [6, 6.07) is 9.85. The third-order valence-electron chi connectivity index (χ3n) is 3.91. The second-order valence-electron chi connectivity index (χ2n) is 5.52. The summed E-state index contributed by atoms with van der Waals surface area (Å²) in [4.78, 5) is 18.4. The Morgan fingerprint density at radius 3 is 2.85 bits per heavy atom. The van der Waals surface area contributed by atoms with E-state index in [0.29, 0.717) is 0 Å². The average Bonchev–Trinajstić information content (AvgIpc) is 2.48. The van der Waals surface area contributed by atoms with Gasteiger partial charge in [0.25, 0.3) is 0 Å². The smallest absolute Gasteiger partial charge is 0.321 e. The lowest BCUT2D eigenvalue weighted by Gasteiger charge is -2.30. The molecule has 1 aliphatic rings. The number of anilines is 1. The Balaban J connectivity index is 1.71. The fourth-order valence-electron chi connectivity index (χ4n) is 2.55. The summed E-state index contributed by atoms with van der Waals surface area (Å²) in [6.07, 6.45) is 3.89. The molecule has 20 heavy (non-hydrogen) atoms. The Morgan fingerprint density at radius 2 is 2.05 bits per heavy atom. The Kier molecular flexibility index (Phi) is 3.54. The summed E-state index contributed by atoms with van der Waals surface area (Å²) in [5, 5.41) is 3.98. The number of benzene rings is 1. The van der Waals surface area contributed by atoms with Crippen molar-refractivity contribution in [3.05, 3.63) is 36.5 Å². The molecule has 2 heterocycles. The number of carbonyl (C=O) groups excluding carboxylic acids is 1. The van der Waals surface area contributed by atoms with Gasteiger partial charge in [-0.1, -0.05) is 25.1 Å². The molecule has 1 aliphatic heterocycles. The predicted molar refractivity (Wildman–Crippen MR) is 80.7 cm³/mol. The van der Waals surface area contributed by atoms with Gasteiger partial charge in [0.1, 0.15) is 0 Å². The van der Waals surface area contributed by atoms with Crippen molar-refractivity contribution < 1.29 is 4.79 Å². The number of likely N-dealkylation sites (tertiary alicyclic amines) is 1. The molecular formula is C16H19N3O. The number of nitrogens with zero attached hydrogens (tertiary/aromatic N) is 2. The van der Waals surface area contributed by atoms with Gasteiger partial charge in [0, 0.05) is 18.5 Å². The maximum Gasteiger partial charge on any atom is 0.321 e. The minimum atomic E-state index is -0.0195. The van der Waals surface area contributed by atoms with E-state index in [4.69, 9.17) is 0 Å². The summed E-state index contributed by atoms with van der Waals surface area (Å²) in [6.45, 7) is 3.92. The highest BCUT2D eigenvalue weighted by Gasteiger charge is 2.20. The number of rotatable bonds is 1. The molecule has 4 heteroatoms. The van der Waals surface area contributed by atoms with Crippen molar-refractivity contribution in [1.29, 1.82) is 0 Å². The Hall–Kier alpha value is -2.10. The maximum atomic E-state index is 12.2. The molecule has 1 saturated heterocycles. The van der Waals surface area contributed by atoms with Crippen LogP contribution in [-0.2, 0) is 0 Å². The molecule has 2 aromatic rings. The molecule has 1 fully saturated rings. The highest BCUT2D eigenvalue weighted by atomic mass is 16.2. The van der Waals surface area contributed by atoms with Crippen LogP contribution in [0.1, 0.15) is 19.8 Å². The van der Waals surface area contributed by atoms with Crippen molar-refractivity contribution in [2.45, 2.75) is 19.8 Å². The molecule has 0 aliphatic carbocycles. The van der Waals surface area contributed by atoms with Gasteiger partial charge in [-0.2, -0.15) is 0 Å². The number of fused-ring (bicyclic) bond motifs is 1. The van der Waals surface area contributed by atoms with E-state index in [-0.39, 0.29) is 6.03 Å². The van der Waals surface area contributed by atoms with Gasteiger partial charge in [-0.3, -0.25) is 4.98 Å². The minimum Gasteiger partial charge on any atom is -0.325 e. The predicted octanol–water partition coefficient (Wildman–Crippen LogP) is 3.50. The van der Waals surface area contributed by atoms with Crippen LogP contribution >= 0.6 is 0 Å². The quantitative estimate of drug-likeness (QED) is 0.861. The van der Waals surface area contributed by atoms with Crippen LogP contribution in [-0.4, -0.2) is 29.0 Å². The van der Waals surface area contributed by atoms with Gasteiger partial charge in [0.15, 0.2) is 0 Å². The molecule has 0 saturated carbocycles. The van der Waals surface area contributed by atoms with Gasteiger partial charge in [-0.25, -0.2) is 4.79 Å². The van der Waals surface area contributed by atoms with E-state index >= 15 is 0 Å². The molecule has 0 unspecified atom stereocenters. The van der Waals surface area contributed by atoms with E-state index < -0.39 is 0 Å². The molecule has 0 radical (unpaired) electrons. The Morgan fingerprint density at radius 1 is 1.30 bits per heavy atom. The van der Waals surface area contributed by atoms with Crippen molar-refractivity contribution in [2.75, 3.05) is 18.4 Å². The maximum absolute atomic E-state index is 12.2. The average molecular weight is 269 g/mol. The van der Waals surface area contributed by atoms with Crippen molar-refractivity contribution in [1.82, 2.24) is 9.88 Å². The van der Waals surface area contributed by atoms with Gasteiger partial charge in [-0.15, -0.1) is 0 Å². The van der Waals surface area contributed by atoms with Gasteiger partial charge < -0.3 is 10.2 Å². The van der Waals surface area contributed by atoms with Crippen LogP contribution < -0.4 is 5.32 Å². The molecule has 2 amide bonds. The summed E-state index contributed by atoms with van der Waals surface area (Å²) in [7, 11) is 0. The number of urea groups is 1. The molecule has 1 aromatic heterocycles. The second-order valence-corrected chi connectivity index (χ2v) is 5.52. The lowest BCUT2D eigenvalue weighted by atomic mass is 10.00. The number of amides is 2. The standard InChI is InChI=1S/C16H19N3O/c1-12-6-8-19(9-7-12)16(20)18-14-10-13-4-2-3-5-15(13)17-11-14/h2-5,10-12H,6-9H2,1H3,(H,18,20). The molecule has 4 nitrogen and oxygen atoms in total. The van der Waals surface area contributed by atoms with E-state index in [2.05, 4.69) is 17.2 Å². The van der Waals surface area contributed by atoms with Crippen LogP contribution in [0.3, 0.4) is 0 Å². The fourth-order valence-corrected chi connectivity index (χ4v) is 2.55. The highest BCUT2D eigenvalue weighted by Crippen LogP contribution is 2.19. The van der Waals surface area contributed by atoms with Gasteiger partial charge >= 0.3 is 6.03 Å². The number of nitrogens with one attached hydrogen (secondary N) is 1. The Bertz CT molecular complexity index is 618. The third-order valence-corrected chi connectivity index (χ3v) is 3.91. The van der Waals surface area contributed by atoms with E-state index in [9.17, 15) is 4.79 Å². The normalized spacial score (nSPS) is 16.4. The molecular weight excluding hydrogens is 250 g/mol.